The van der Waals surface area contributed by atoms with Crippen LogP contribution < -0.4 is 5.73 Å². The van der Waals surface area contributed by atoms with Crippen LogP contribution >= 0.6 is 0 Å². The first-order valence-electron chi connectivity index (χ1n) is 24.4. The van der Waals surface area contributed by atoms with Crippen molar-refractivity contribution in [3.05, 3.63) is 268 Å². The number of allylic oxidation sites excluding steroid dienone is 6. The summed E-state index contributed by atoms with van der Waals surface area (Å²) in [6.07, 6.45) is 9.33. The summed E-state index contributed by atoms with van der Waals surface area (Å²) in [5.41, 5.74) is 23.2. The van der Waals surface area contributed by atoms with Crippen LogP contribution in [0.3, 0.4) is 0 Å². The zero-order valence-corrected chi connectivity index (χ0v) is 39.4. The van der Waals surface area contributed by atoms with Crippen molar-refractivity contribution in [1.82, 2.24) is 0 Å². The number of fused-ring (bicyclic) bond motifs is 11. The van der Waals surface area contributed by atoms with Gasteiger partial charge in [-0.25, -0.2) is 4.99 Å². The van der Waals surface area contributed by atoms with E-state index < -0.39 is 5.41 Å². The number of hydrogen-bond donors (Lipinski definition) is 1. The molecular weight excluding hydrogens is 835 g/mol. The van der Waals surface area contributed by atoms with E-state index in [9.17, 15) is 0 Å². The molecule has 0 fully saturated rings. The van der Waals surface area contributed by atoms with Gasteiger partial charge in [-0.3, -0.25) is 4.99 Å². The minimum absolute atomic E-state index is 0.0323. The van der Waals surface area contributed by atoms with Crippen LogP contribution in [-0.4, -0.2) is 11.7 Å². The lowest BCUT2D eigenvalue weighted by molar-refractivity contribution is 0.408. The first kappa shape index (κ1) is 42.3. The van der Waals surface area contributed by atoms with Gasteiger partial charge < -0.3 is 5.73 Å². The maximum atomic E-state index is 7.19. The molecule has 8 aromatic carbocycles. The van der Waals surface area contributed by atoms with Crippen molar-refractivity contribution in [2.45, 2.75) is 56.9 Å². The van der Waals surface area contributed by atoms with Gasteiger partial charge in [-0.15, -0.1) is 0 Å². The Kier molecular flexibility index (Phi) is 10.4. The molecule has 332 valence electrons. The maximum Gasteiger partial charge on any atom is 0.157 e. The van der Waals surface area contributed by atoms with Crippen LogP contribution in [0, 0.1) is 17.8 Å². The molecule has 3 nitrogen and oxygen atoms in total. The quantitative estimate of drug-likeness (QED) is 0.0737. The van der Waals surface area contributed by atoms with Gasteiger partial charge >= 0.3 is 0 Å². The van der Waals surface area contributed by atoms with E-state index in [4.69, 9.17) is 15.7 Å². The lowest BCUT2D eigenvalue weighted by Gasteiger charge is -2.50. The molecule has 0 heterocycles. The Balaban J connectivity index is 1.12. The summed E-state index contributed by atoms with van der Waals surface area (Å²) in [5.74, 6) is 8.63. The molecule has 3 heteroatoms. The Morgan fingerprint density at radius 1 is 0.652 bits per heavy atom. The zero-order valence-electron chi connectivity index (χ0n) is 39.4. The zero-order chi connectivity index (χ0) is 46.7. The highest BCUT2D eigenvalue weighted by Crippen LogP contribution is 2.65. The standard InChI is InChI=1S/C66H53N3/c1-4-61(46-22-9-6-10-23-46)68-64(69-63(67)47-36-33-44(34-37-47)43-19-7-5-8-20-43)53-26-18-32-60-62(53)54-42-48(49-39-40-52-50(41-49)38-35-45-21-11-12-25-51(45)52)24-17-31-55(54)66(60)58-29-15-13-27-56(58)65(2,3)57-28-14-16-30-59(57)66/h5-16,18-23,25-30,33-42,60-61H,4,31-32H2,1-3H3,(H2,67,68,69). The van der Waals surface area contributed by atoms with Crippen LogP contribution in [0.5, 0.6) is 0 Å². The molecule has 0 saturated carbocycles. The fourth-order valence-electron chi connectivity index (χ4n) is 12.1. The Bertz CT molecular complexity index is 3570. The number of amidine groups is 2. The Hall–Kier alpha value is -8.06. The van der Waals surface area contributed by atoms with Gasteiger partial charge in [0.2, 0.25) is 0 Å². The maximum absolute atomic E-state index is 7.19. The van der Waals surface area contributed by atoms with E-state index in [1.807, 2.05) is 6.07 Å². The summed E-state index contributed by atoms with van der Waals surface area (Å²) in [6.45, 7) is 6.99. The molecule has 0 aliphatic heterocycles. The number of rotatable bonds is 7. The molecule has 69 heavy (non-hydrogen) atoms. The molecule has 2 N–H and O–H groups in total. The third-order valence-electron chi connectivity index (χ3n) is 15.4. The van der Waals surface area contributed by atoms with Gasteiger partial charge in [-0.05, 0) is 108 Å². The second-order valence-electron chi connectivity index (χ2n) is 19.4. The van der Waals surface area contributed by atoms with Crippen LogP contribution in [0.4, 0.5) is 0 Å². The highest BCUT2D eigenvalue weighted by Gasteiger charge is 2.58. The van der Waals surface area contributed by atoms with E-state index in [2.05, 4.69) is 233 Å². The molecular formula is C66H53N3. The summed E-state index contributed by atoms with van der Waals surface area (Å²) in [5, 5.41) is 4.95. The van der Waals surface area contributed by atoms with Gasteiger partial charge in [0, 0.05) is 34.5 Å². The van der Waals surface area contributed by atoms with Gasteiger partial charge in [0.05, 0.1) is 11.5 Å². The first-order valence-corrected chi connectivity index (χ1v) is 24.4. The molecule has 2 atom stereocenters. The second-order valence-corrected chi connectivity index (χ2v) is 19.4. The Morgan fingerprint density at radius 2 is 1.26 bits per heavy atom. The van der Waals surface area contributed by atoms with E-state index in [1.54, 1.807) is 0 Å². The van der Waals surface area contributed by atoms with Gasteiger partial charge in [-0.1, -0.05) is 227 Å². The molecule has 0 radical (unpaired) electrons. The fourth-order valence-corrected chi connectivity index (χ4v) is 12.1. The van der Waals surface area contributed by atoms with Crippen molar-refractivity contribution in [3.8, 4) is 23.0 Å². The lowest BCUT2D eigenvalue weighted by atomic mass is 9.52. The minimum Gasteiger partial charge on any atom is -0.383 e. The van der Waals surface area contributed by atoms with Gasteiger partial charge in [0.15, 0.2) is 5.84 Å². The van der Waals surface area contributed by atoms with Crippen molar-refractivity contribution in [1.29, 1.82) is 0 Å². The minimum atomic E-state index is -0.496. The summed E-state index contributed by atoms with van der Waals surface area (Å²) in [7, 11) is 0. The predicted molar refractivity (Wildman–Crippen MR) is 288 cm³/mol. The lowest BCUT2D eigenvalue weighted by Crippen LogP contribution is -2.45. The van der Waals surface area contributed by atoms with E-state index >= 15 is 0 Å². The molecule has 0 bridgehead atoms. The van der Waals surface area contributed by atoms with Crippen molar-refractivity contribution >= 4 is 38.8 Å². The molecule has 4 aliphatic rings. The van der Waals surface area contributed by atoms with Crippen LogP contribution in [0.25, 0.3) is 38.2 Å². The van der Waals surface area contributed by atoms with Gasteiger partial charge in [-0.2, -0.15) is 0 Å². The van der Waals surface area contributed by atoms with E-state index in [0.717, 1.165) is 51.8 Å². The Morgan fingerprint density at radius 3 is 1.99 bits per heavy atom. The molecule has 0 aromatic heterocycles. The molecule has 2 unspecified atom stereocenters. The van der Waals surface area contributed by atoms with Gasteiger partial charge in [0.25, 0.3) is 0 Å². The highest BCUT2D eigenvalue weighted by atomic mass is 15.0. The molecule has 1 spiro atoms. The normalized spacial score (nSPS) is 18.2. The number of nitrogens with two attached hydrogens (primary N) is 1. The molecule has 0 saturated heterocycles. The number of benzene rings is 8. The van der Waals surface area contributed by atoms with Crippen LogP contribution in [0.1, 0.15) is 85.0 Å². The topological polar surface area (TPSA) is 50.7 Å². The van der Waals surface area contributed by atoms with Crippen LogP contribution in [-0.2, 0) is 10.8 Å². The van der Waals surface area contributed by atoms with Crippen molar-refractivity contribution < 1.29 is 0 Å². The number of hydrogen-bond acceptors (Lipinski definition) is 1. The highest BCUT2D eigenvalue weighted by molar-refractivity contribution is 6.13. The Labute approximate surface area is 405 Å². The molecule has 4 aliphatic carbocycles. The van der Waals surface area contributed by atoms with E-state index in [1.165, 1.54) is 60.5 Å². The summed E-state index contributed by atoms with van der Waals surface area (Å²) < 4.78 is 0. The molecule has 12 rings (SSSR count). The fraction of sp³-hybridized carbons (Fsp3) is 0.152. The largest absolute Gasteiger partial charge is 0.383 e. The molecule has 0 amide bonds. The number of nitrogens with zero attached hydrogens (tertiary/aromatic N) is 2. The summed E-state index contributed by atoms with van der Waals surface area (Å²) in [4.78, 5) is 11.1. The van der Waals surface area contributed by atoms with Gasteiger partial charge in [0.1, 0.15) is 5.84 Å². The monoisotopic (exact) mass is 887 g/mol. The van der Waals surface area contributed by atoms with Crippen molar-refractivity contribution in [2.75, 3.05) is 0 Å². The average Bonchev–Trinajstić information content (AvgIpc) is 3.50. The summed E-state index contributed by atoms with van der Waals surface area (Å²) >= 11 is 0. The third kappa shape index (κ3) is 6.89. The predicted octanol–water partition coefficient (Wildman–Crippen LogP) is 15.2. The van der Waals surface area contributed by atoms with Crippen molar-refractivity contribution in [2.24, 2.45) is 21.6 Å². The molecule has 8 aromatic rings. The second kappa shape index (κ2) is 16.9. The SMILES string of the molecule is CCC(/N=C(\N=C(/N)c1ccc(-c2ccccc2)cc1)C1=C2C3=C(CC#CC(c4ccc5c(ccc6ccccc65)c4)=C3)C3(c4ccccc4C(C)(C)c4ccccc43)C2CC=C1)c1ccccc1. The third-order valence-corrected chi connectivity index (χ3v) is 15.4. The van der Waals surface area contributed by atoms with Crippen molar-refractivity contribution in [3.63, 3.8) is 0 Å². The number of aliphatic imine (C=N–C) groups is 2. The van der Waals surface area contributed by atoms with E-state index in [0.29, 0.717) is 18.1 Å². The summed E-state index contributed by atoms with van der Waals surface area (Å²) in [6, 6.07) is 67.8. The smallest absolute Gasteiger partial charge is 0.157 e. The average molecular weight is 888 g/mol. The van der Waals surface area contributed by atoms with E-state index in [-0.39, 0.29) is 17.4 Å². The first-order chi connectivity index (χ1) is 33.8. The van der Waals surface area contributed by atoms with Crippen LogP contribution in [0.15, 0.2) is 239 Å². The van der Waals surface area contributed by atoms with Crippen LogP contribution in [0.2, 0.25) is 0 Å².